The van der Waals surface area contributed by atoms with Gasteiger partial charge >= 0.3 is 5.97 Å². The Hall–Kier alpha value is -3.52. The first-order valence-electron chi connectivity index (χ1n) is 11.1. The summed E-state index contributed by atoms with van der Waals surface area (Å²) in [5.41, 5.74) is 4.79. The average molecular weight is 478 g/mol. The van der Waals surface area contributed by atoms with Crippen LogP contribution in [0.3, 0.4) is 0 Å². The topological polar surface area (TPSA) is 80.2 Å². The lowest BCUT2D eigenvalue weighted by Crippen LogP contribution is -2.34. The Bertz CT molecular complexity index is 1220. The van der Waals surface area contributed by atoms with Gasteiger partial charge in [0, 0.05) is 11.9 Å². The third-order valence-corrected chi connectivity index (χ3v) is 6.30. The number of rotatable bonds is 7. The molecule has 34 heavy (non-hydrogen) atoms. The van der Waals surface area contributed by atoms with Gasteiger partial charge in [0.2, 0.25) is 0 Å². The number of allylic oxidation sites excluding steroid dienone is 1. The minimum absolute atomic E-state index is 0.132. The molecule has 0 unspecified atom stereocenters. The second kappa shape index (κ2) is 10.2. The van der Waals surface area contributed by atoms with Gasteiger partial charge in [-0.1, -0.05) is 36.0 Å². The summed E-state index contributed by atoms with van der Waals surface area (Å²) in [5, 5.41) is 5.64. The number of benzene rings is 2. The van der Waals surface area contributed by atoms with Crippen molar-refractivity contribution in [3.8, 4) is 5.75 Å². The molecule has 1 N–H and O–H groups in total. The molecule has 8 heteroatoms. The Balaban J connectivity index is 1.53. The fourth-order valence-electron chi connectivity index (χ4n) is 3.88. The minimum Gasteiger partial charge on any atom is -0.484 e. The Kier molecular flexibility index (Phi) is 7.07. The third-order valence-electron chi connectivity index (χ3n) is 5.53. The molecule has 2 aromatic rings. The number of nitrogens with one attached hydrogen (secondary N) is 1. The number of amidine groups is 1. The Labute approximate surface area is 203 Å². The number of carbonyl (C=O) groups is 2. The van der Waals surface area contributed by atoms with Crippen molar-refractivity contribution >= 4 is 34.5 Å². The predicted octanol–water partition coefficient (Wildman–Crippen LogP) is 5.09. The molecule has 7 nitrogen and oxygen atoms in total. The van der Waals surface area contributed by atoms with Gasteiger partial charge in [0.1, 0.15) is 5.75 Å². The lowest BCUT2D eigenvalue weighted by Gasteiger charge is -2.33. The largest absolute Gasteiger partial charge is 0.484 e. The molecule has 4 rings (SSSR count). The number of esters is 1. The summed E-state index contributed by atoms with van der Waals surface area (Å²) in [6.07, 6.45) is 1.91. The van der Waals surface area contributed by atoms with E-state index in [1.807, 2.05) is 73.7 Å². The molecule has 176 valence electrons. The summed E-state index contributed by atoms with van der Waals surface area (Å²) in [4.78, 5) is 31.8. The molecular formula is C26H27N3O4S. The molecule has 1 amide bonds. The van der Waals surface area contributed by atoms with Crippen LogP contribution in [0.15, 0.2) is 70.3 Å². The Morgan fingerprint density at radius 2 is 1.97 bits per heavy atom. The molecule has 0 aromatic heterocycles. The molecule has 0 spiro atoms. The molecule has 2 aliphatic heterocycles. The number of nitrogens with zero attached hydrogens (tertiary/aromatic N) is 2. The highest BCUT2D eigenvalue weighted by Gasteiger charge is 2.37. The maximum Gasteiger partial charge on any atom is 0.338 e. The molecule has 1 atom stereocenters. The maximum absolute atomic E-state index is 12.8. The van der Waals surface area contributed by atoms with Gasteiger partial charge < -0.3 is 19.7 Å². The molecule has 0 aliphatic carbocycles. The molecule has 2 aromatic carbocycles. The molecular weight excluding hydrogens is 450 g/mol. The number of anilines is 1. The fourth-order valence-corrected chi connectivity index (χ4v) is 4.67. The summed E-state index contributed by atoms with van der Waals surface area (Å²) >= 11 is 1.50. The van der Waals surface area contributed by atoms with Crippen LogP contribution in [0.25, 0.3) is 0 Å². The number of thioether (sulfide) groups is 1. The molecule has 0 bridgehead atoms. The zero-order chi connectivity index (χ0) is 24.2. The van der Waals surface area contributed by atoms with Crippen LogP contribution in [0, 0.1) is 13.8 Å². The fraction of sp³-hybridized carbons (Fsp3) is 0.269. The summed E-state index contributed by atoms with van der Waals surface area (Å²) in [6.45, 7) is 7.68. The van der Waals surface area contributed by atoms with Crippen molar-refractivity contribution in [3.05, 3.63) is 82.0 Å². The molecule has 0 fully saturated rings. The maximum atomic E-state index is 12.8. The molecule has 0 radical (unpaired) electrons. The van der Waals surface area contributed by atoms with Crippen molar-refractivity contribution in [1.82, 2.24) is 4.90 Å². The highest BCUT2D eigenvalue weighted by molar-refractivity contribution is 8.16. The summed E-state index contributed by atoms with van der Waals surface area (Å²) < 4.78 is 11.1. The van der Waals surface area contributed by atoms with Gasteiger partial charge in [-0.3, -0.25) is 4.79 Å². The van der Waals surface area contributed by atoms with Gasteiger partial charge in [0.15, 0.2) is 11.8 Å². The van der Waals surface area contributed by atoms with E-state index in [1.54, 1.807) is 13.0 Å². The van der Waals surface area contributed by atoms with E-state index in [1.165, 1.54) is 11.8 Å². The van der Waals surface area contributed by atoms with Gasteiger partial charge in [-0.2, -0.15) is 0 Å². The zero-order valence-corrected chi connectivity index (χ0v) is 20.4. The van der Waals surface area contributed by atoms with E-state index in [0.29, 0.717) is 17.0 Å². The van der Waals surface area contributed by atoms with Crippen molar-refractivity contribution in [2.75, 3.05) is 18.5 Å². The highest BCUT2D eigenvalue weighted by Crippen LogP contribution is 2.41. The number of aryl methyl sites for hydroxylation is 2. The lowest BCUT2D eigenvalue weighted by atomic mass is 9.94. The van der Waals surface area contributed by atoms with Crippen molar-refractivity contribution in [3.63, 3.8) is 0 Å². The van der Waals surface area contributed by atoms with Crippen molar-refractivity contribution in [2.45, 2.75) is 33.7 Å². The van der Waals surface area contributed by atoms with Crippen LogP contribution in [0.4, 0.5) is 5.69 Å². The van der Waals surface area contributed by atoms with Crippen LogP contribution < -0.4 is 10.1 Å². The quantitative estimate of drug-likeness (QED) is 0.560. The monoisotopic (exact) mass is 477 g/mol. The lowest BCUT2D eigenvalue weighted by molar-refractivity contribution is -0.139. The molecule has 0 saturated heterocycles. The van der Waals surface area contributed by atoms with Crippen LogP contribution in [-0.2, 0) is 14.3 Å². The van der Waals surface area contributed by atoms with E-state index in [4.69, 9.17) is 9.47 Å². The minimum atomic E-state index is -0.398. The first kappa shape index (κ1) is 23.6. The number of amides is 1. The van der Waals surface area contributed by atoms with Crippen molar-refractivity contribution in [2.24, 2.45) is 4.99 Å². The van der Waals surface area contributed by atoms with Gasteiger partial charge in [-0.05, 0) is 68.0 Å². The second-order valence-electron chi connectivity index (χ2n) is 8.05. The van der Waals surface area contributed by atoms with E-state index in [0.717, 1.165) is 27.5 Å². The van der Waals surface area contributed by atoms with Crippen LogP contribution in [0.1, 0.15) is 36.6 Å². The van der Waals surface area contributed by atoms with Gasteiger partial charge in [0.25, 0.3) is 5.91 Å². The zero-order valence-electron chi connectivity index (χ0n) is 19.6. The number of hydrogen-bond acceptors (Lipinski definition) is 7. The first-order chi connectivity index (χ1) is 16.4. The second-order valence-corrected chi connectivity index (χ2v) is 8.93. The average Bonchev–Trinajstić information content (AvgIpc) is 3.27. The highest BCUT2D eigenvalue weighted by atomic mass is 32.2. The van der Waals surface area contributed by atoms with Gasteiger partial charge in [-0.25, -0.2) is 9.79 Å². The van der Waals surface area contributed by atoms with Crippen molar-refractivity contribution in [1.29, 1.82) is 0 Å². The number of ether oxygens (including phenoxy) is 2. The summed E-state index contributed by atoms with van der Waals surface area (Å²) in [5.74, 6) is -0.0975. The van der Waals surface area contributed by atoms with Crippen LogP contribution in [0.5, 0.6) is 5.75 Å². The van der Waals surface area contributed by atoms with E-state index in [2.05, 4.69) is 10.3 Å². The molecule has 2 heterocycles. The van der Waals surface area contributed by atoms with E-state index < -0.39 is 12.0 Å². The number of carbonyl (C=O) groups excluding carboxylic acids is 2. The smallest absolute Gasteiger partial charge is 0.338 e. The standard InChI is InChI=1S/C26H27N3O4S/c1-5-32-25(31)23-18(4)27-26-29(11-12-34-26)24(23)19-7-6-8-20(14-19)33-15-22(30)28-21-13-16(2)9-10-17(21)3/h6-14,24H,5,15H2,1-4H3,(H,28,30)/t24-/m0/s1. The molecule has 2 aliphatic rings. The van der Waals surface area contributed by atoms with Gasteiger partial charge in [0.05, 0.1) is 23.9 Å². The Morgan fingerprint density at radius 1 is 1.15 bits per heavy atom. The van der Waals surface area contributed by atoms with E-state index in [9.17, 15) is 9.59 Å². The Morgan fingerprint density at radius 3 is 2.76 bits per heavy atom. The third kappa shape index (κ3) is 5.02. The number of aliphatic imine (C=N–C) groups is 1. The molecule has 0 saturated carbocycles. The van der Waals surface area contributed by atoms with Gasteiger partial charge in [-0.15, -0.1) is 0 Å². The van der Waals surface area contributed by atoms with Crippen molar-refractivity contribution < 1.29 is 19.1 Å². The van der Waals surface area contributed by atoms with Crippen LogP contribution in [-0.4, -0.2) is 35.2 Å². The number of hydrogen-bond donors (Lipinski definition) is 1. The summed E-state index contributed by atoms with van der Waals surface area (Å²) in [7, 11) is 0. The first-order valence-corrected chi connectivity index (χ1v) is 11.9. The van der Waals surface area contributed by atoms with Crippen LogP contribution in [0.2, 0.25) is 0 Å². The van der Waals surface area contributed by atoms with E-state index in [-0.39, 0.29) is 19.1 Å². The predicted molar refractivity (Wildman–Crippen MR) is 135 cm³/mol. The van der Waals surface area contributed by atoms with E-state index >= 15 is 0 Å². The van der Waals surface area contributed by atoms with Crippen LogP contribution >= 0.6 is 11.8 Å². The normalized spacial score (nSPS) is 16.8. The number of fused-ring (bicyclic) bond motifs is 1. The summed E-state index contributed by atoms with van der Waals surface area (Å²) in [6, 6.07) is 12.9. The SMILES string of the molecule is CCOC(=O)C1=C(C)N=C2SC=CN2[C@H]1c1cccc(OCC(=O)Nc2cc(C)ccc2C)c1.